The summed E-state index contributed by atoms with van der Waals surface area (Å²) < 4.78 is 5.41. The van der Waals surface area contributed by atoms with Crippen molar-refractivity contribution < 1.29 is 0 Å². The van der Waals surface area contributed by atoms with Gasteiger partial charge in [0.25, 0.3) is 0 Å². The van der Waals surface area contributed by atoms with E-state index in [4.69, 9.17) is 0 Å². The second kappa shape index (κ2) is 21.0. The smallest absolute Gasteiger partial charge is 0.0440 e. The maximum absolute atomic E-state index is 2.41. The Hall–Kier alpha value is -11.5. The molecule has 21 rings (SSSR count). The van der Waals surface area contributed by atoms with Gasteiger partial charge in [0.05, 0.1) is 0 Å². The van der Waals surface area contributed by atoms with E-state index in [2.05, 4.69) is 328 Å². The number of fused-ring (bicyclic) bond motifs is 28. The molecule has 434 valence electrons. The maximum atomic E-state index is 2.41. The van der Waals surface area contributed by atoms with E-state index in [1.165, 1.54) is 203 Å². The van der Waals surface area contributed by atoms with Gasteiger partial charge >= 0.3 is 0 Å². The summed E-state index contributed by atoms with van der Waals surface area (Å²) in [7, 11) is 0. The van der Waals surface area contributed by atoms with Crippen molar-refractivity contribution in [1.29, 1.82) is 0 Å². The molecule has 0 aliphatic rings. The van der Waals surface area contributed by atoms with E-state index in [-0.39, 0.29) is 0 Å². The van der Waals surface area contributed by atoms with Crippen molar-refractivity contribution in [2.75, 3.05) is 0 Å². The van der Waals surface area contributed by atoms with Gasteiger partial charge in [-0.25, -0.2) is 0 Å². The molecule has 2 heterocycles. The third kappa shape index (κ3) is 8.30. The van der Waals surface area contributed by atoms with Crippen LogP contribution in [0.2, 0.25) is 0 Å². The van der Waals surface area contributed by atoms with Crippen LogP contribution < -0.4 is 0 Å². The molecule has 0 bridgehead atoms. The highest BCUT2D eigenvalue weighted by atomic mass is 32.1. The Labute approximate surface area is 549 Å². The van der Waals surface area contributed by atoms with Crippen LogP contribution >= 0.6 is 22.7 Å². The van der Waals surface area contributed by atoms with E-state index in [0.29, 0.717) is 0 Å². The highest BCUT2D eigenvalue weighted by Gasteiger charge is 2.19. The zero-order valence-corrected chi connectivity index (χ0v) is 52.6. The molecule has 0 saturated heterocycles. The van der Waals surface area contributed by atoms with Gasteiger partial charge in [-0.1, -0.05) is 273 Å². The van der Waals surface area contributed by atoms with Gasteiger partial charge in [-0.15, -0.1) is 22.7 Å². The first-order valence-electron chi connectivity index (χ1n) is 32.4. The number of rotatable bonds is 4. The predicted molar refractivity (Wildman–Crippen MR) is 413 cm³/mol. The largest absolute Gasteiger partial charge is 0.135 e. The first-order chi connectivity index (χ1) is 46.6. The summed E-state index contributed by atoms with van der Waals surface area (Å²) in [5.41, 5.74) is 9.95. The van der Waals surface area contributed by atoms with Gasteiger partial charge in [-0.05, 0) is 207 Å². The molecular formula is C92H54S2. The molecule has 0 fully saturated rings. The molecule has 0 amide bonds. The molecule has 21 aromatic rings. The van der Waals surface area contributed by atoms with E-state index in [0.717, 1.165) is 0 Å². The second-order valence-corrected chi connectivity index (χ2v) is 27.4. The van der Waals surface area contributed by atoms with Crippen molar-refractivity contribution in [2.24, 2.45) is 0 Å². The summed E-state index contributed by atoms with van der Waals surface area (Å²) in [5.74, 6) is 0. The minimum atomic E-state index is 1.23. The van der Waals surface area contributed by atoms with E-state index in [1.54, 1.807) is 0 Å². The van der Waals surface area contributed by atoms with Crippen LogP contribution in [0.15, 0.2) is 328 Å². The lowest BCUT2D eigenvalue weighted by molar-refractivity contribution is 1.61. The van der Waals surface area contributed by atoms with Gasteiger partial charge in [0, 0.05) is 51.1 Å². The Morgan fingerprint density at radius 2 is 0.394 bits per heavy atom. The van der Waals surface area contributed by atoms with Crippen LogP contribution in [0.4, 0.5) is 0 Å². The van der Waals surface area contributed by atoms with Crippen molar-refractivity contribution in [2.45, 2.75) is 0 Å². The lowest BCUT2D eigenvalue weighted by atomic mass is 9.91. The van der Waals surface area contributed by atoms with Gasteiger partial charge in [0.15, 0.2) is 0 Å². The second-order valence-electron chi connectivity index (χ2n) is 25.3. The molecule has 0 aliphatic heterocycles. The molecule has 94 heavy (non-hydrogen) atoms. The fourth-order valence-corrected chi connectivity index (χ4v) is 18.2. The monoisotopic (exact) mass is 1220 g/mol. The zero-order chi connectivity index (χ0) is 61.5. The minimum Gasteiger partial charge on any atom is -0.135 e. The minimum absolute atomic E-state index is 1.23. The summed E-state index contributed by atoms with van der Waals surface area (Å²) in [5, 5.41) is 34.3. The highest BCUT2D eigenvalue weighted by molar-refractivity contribution is 7.27. The van der Waals surface area contributed by atoms with Crippen LogP contribution in [0.3, 0.4) is 0 Å². The Bertz CT molecular complexity index is 6690. The molecule has 0 radical (unpaired) electrons. The molecule has 0 spiro atoms. The van der Waals surface area contributed by atoms with E-state index >= 15 is 0 Å². The predicted octanol–water partition coefficient (Wildman–Crippen LogP) is 27.5. The highest BCUT2D eigenvalue weighted by Crippen LogP contribution is 2.48. The number of hydrogen-bond donors (Lipinski definition) is 0. The van der Waals surface area contributed by atoms with Gasteiger partial charge in [0.1, 0.15) is 0 Å². The third-order valence-corrected chi connectivity index (χ3v) is 22.6. The molecule has 0 saturated carbocycles. The molecule has 2 heteroatoms. The quantitative estimate of drug-likeness (QED) is 0.154. The number of hydrogen-bond acceptors (Lipinski definition) is 2. The first-order valence-corrected chi connectivity index (χ1v) is 34.1. The zero-order valence-electron chi connectivity index (χ0n) is 51.0. The van der Waals surface area contributed by atoms with Crippen molar-refractivity contribution in [1.82, 2.24) is 0 Å². The standard InChI is InChI=1S/C50H30S.C42H24S/c1-2-9-32-26-36(17-16-31(32)8-1)38-21-20-37-28-35(18-19-39(37)29-38)33-10-7-11-34(27-33)40-22-25-48-47(30-40)46-24-23-45-43-14-4-3-12-41(43)42-13-5-6-15-44(42)49(45)50(46)51-48;1-2-11-29-27(9-1)28-10-4-6-15-33(28)38-23-25(17-19-34(29)38)26-18-22-40-39(24-26)37-21-20-36-32-14-5-3-12-30(32)31-13-7-8-16-35(31)41(36)42(37)43-40/h1-30H;1-24H. The van der Waals surface area contributed by atoms with E-state index < -0.39 is 0 Å². The molecule has 0 unspecified atom stereocenters. The van der Waals surface area contributed by atoms with Gasteiger partial charge in [-0.3, -0.25) is 0 Å². The van der Waals surface area contributed by atoms with E-state index in [1.807, 2.05) is 22.7 Å². The van der Waals surface area contributed by atoms with Crippen LogP contribution in [0, 0.1) is 0 Å². The average Bonchev–Trinajstić information content (AvgIpc) is 1.39. The summed E-state index contributed by atoms with van der Waals surface area (Å²) in [6.07, 6.45) is 0. The molecule has 0 N–H and O–H groups in total. The lowest BCUT2D eigenvalue weighted by Gasteiger charge is -2.12. The molecule has 19 aromatic carbocycles. The third-order valence-electron chi connectivity index (χ3n) is 20.2. The molecule has 0 aliphatic carbocycles. The first kappa shape index (κ1) is 53.2. The van der Waals surface area contributed by atoms with Crippen molar-refractivity contribution in [3.63, 3.8) is 0 Å². The fourth-order valence-electron chi connectivity index (χ4n) is 15.7. The Morgan fingerprint density at radius 1 is 0.138 bits per heavy atom. The fraction of sp³-hybridized carbons (Fsp3) is 0. The summed E-state index contributed by atoms with van der Waals surface area (Å²) in [6.45, 7) is 0. The molecule has 0 atom stereocenters. The summed E-state index contributed by atoms with van der Waals surface area (Å²) in [6, 6.07) is 122. The van der Waals surface area contributed by atoms with Crippen molar-refractivity contribution >= 4 is 182 Å². The lowest BCUT2D eigenvalue weighted by Crippen LogP contribution is -1.85. The SMILES string of the molecule is c1cc(-c2ccc3cc(-c4ccc5ccccc5c4)ccc3c2)cc(-c2ccc3sc4c(ccc5c6ccccc6c6ccccc6c54)c3c2)c1.c1ccc2c(c1)c1ccccc1c1cc(-c3ccc4sc5c(ccc6c7ccccc7c7ccccc7c65)c4c3)ccc21. The normalized spacial score (nSPS) is 12.0. The van der Waals surface area contributed by atoms with Crippen LogP contribution in [0.25, 0.3) is 203 Å². The van der Waals surface area contributed by atoms with Crippen molar-refractivity contribution in [3.05, 3.63) is 328 Å². The van der Waals surface area contributed by atoms with Crippen LogP contribution in [0.5, 0.6) is 0 Å². The topological polar surface area (TPSA) is 0 Å². The number of benzene rings is 19. The van der Waals surface area contributed by atoms with Crippen LogP contribution in [-0.2, 0) is 0 Å². The maximum Gasteiger partial charge on any atom is 0.0440 e. The van der Waals surface area contributed by atoms with Crippen LogP contribution in [-0.4, -0.2) is 0 Å². The molecular weight excluding hydrogens is 1170 g/mol. The Kier molecular flexibility index (Phi) is 11.9. The molecule has 2 aromatic heterocycles. The van der Waals surface area contributed by atoms with Crippen molar-refractivity contribution in [3.8, 4) is 44.5 Å². The Balaban J connectivity index is 0.000000131. The average molecular weight is 1220 g/mol. The van der Waals surface area contributed by atoms with Crippen LogP contribution in [0.1, 0.15) is 0 Å². The Morgan fingerprint density at radius 3 is 0.819 bits per heavy atom. The number of thiophene rings is 2. The van der Waals surface area contributed by atoms with Gasteiger partial charge < -0.3 is 0 Å². The summed E-state index contributed by atoms with van der Waals surface area (Å²) in [4.78, 5) is 0. The summed E-state index contributed by atoms with van der Waals surface area (Å²) >= 11 is 3.84. The van der Waals surface area contributed by atoms with Gasteiger partial charge in [-0.2, -0.15) is 0 Å². The van der Waals surface area contributed by atoms with E-state index in [9.17, 15) is 0 Å². The van der Waals surface area contributed by atoms with Gasteiger partial charge in [0.2, 0.25) is 0 Å². The molecule has 0 nitrogen and oxygen atoms in total.